The zero-order valence-electron chi connectivity index (χ0n) is 18.4. The molecule has 6 heteroatoms. The van der Waals surface area contributed by atoms with E-state index in [1.807, 2.05) is 55.1 Å². The Balaban J connectivity index is 1.66. The minimum absolute atomic E-state index is 0.0308. The summed E-state index contributed by atoms with van der Waals surface area (Å²) in [7, 11) is 3.85. The highest BCUT2D eigenvalue weighted by Crippen LogP contribution is 2.43. The van der Waals surface area contributed by atoms with Crippen molar-refractivity contribution >= 4 is 17.7 Å². The molecule has 3 aliphatic rings. The van der Waals surface area contributed by atoms with Crippen LogP contribution in [-0.4, -0.2) is 72.2 Å². The van der Waals surface area contributed by atoms with Gasteiger partial charge in [0, 0.05) is 38.5 Å². The van der Waals surface area contributed by atoms with Crippen molar-refractivity contribution < 1.29 is 14.4 Å². The molecule has 0 spiro atoms. The van der Waals surface area contributed by atoms with Crippen molar-refractivity contribution in [3.63, 3.8) is 0 Å². The Bertz CT molecular complexity index is 852. The quantitative estimate of drug-likeness (QED) is 0.674. The van der Waals surface area contributed by atoms with Crippen LogP contribution in [-0.2, 0) is 19.8 Å². The van der Waals surface area contributed by atoms with Crippen molar-refractivity contribution in [3.8, 4) is 0 Å². The minimum atomic E-state index is -1.08. The van der Waals surface area contributed by atoms with Gasteiger partial charge < -0.3 is 9.80 Å². The SMILES string of the molecule is Cc1ccccc1[C@]1(CC(=O)N2C[C@@H]3CCC[C@H]2C3)CC(=O)N(CCN(C)C)C1=O. The first-order chi connectivity index (χ1) is 14.3. The molecule has 1 saturated carbocycles. The number of carbonyl (C=O) groups is 3. The Morgan fingerprint density at radius 2 is 1.97 bits per heavy atom. The first-order valence-electron chi connectivity index (χ1n) is 11.2. The number of likely N-dealkylation sites (N-methyl/N-ethyl adjacent to an activating group) is 1. The molecule has 3 fully saturated rings. The molecule has 6 nitrogen and oxygen atoms in total. The van der Waals surface area contributed by atoms with Gasteiger partial charge in [0.1, 0.15) is 0 Å². The summed E-state index contributed by atoms with van der Waals surface area (Å²) in [5.74, 6) is 0.250. The molecule has 2 heterocycles. The van der Waals surface area contributed by atoms with Crippen LogP contribution in [0.1, 0.15) is 49.7 Å². The summed E-state index contributed by atoms with van der Waals surface area (Å²) in [4.78, 5) is 45.5. The fourth-order valence-corrected chi connectivity index (χ4v) is 5.68. The highest BCUT2D eigenvalue weighted by Gasteiger charge is 2.55. The van der Waals surface area contributed by atoms with E-state index in [1.165, 1.54) is 17.7 Å². The summed E-state index contributed by atoms with van der Waals surface area (Å²) in [6.07, 6.45) is 4.69. The van der Waals surface area contributed by atoms with E-state index < -0.39 is 5.41 Å². The third-order valence-corrected chi connectivity index (χ3v) is 7.26. The van der Waals surface area contributed by atoms with Crippen LogP contribution in [0.5, 0.6) is 0 Å². The Morgan fingerprint density at radius 1 is 1.20 bits per heavy atom. The molecule has 0 aromatic heterocycles. The average Bonchev–Trinajstić information content (AvgIpc) is 3.13. The minimum Gasteiger partial charge on any atom is -0.339 e. The summed E-state index contributed by atoms with van der Waals surface area (Å²) >= 11 is 0. The van der Waals surface area contributed by atoms with Gasteiger partial charge in [0.15, 0.2) is 0 Å². The van der Waals surface area contributed by atoms with Crippen LogP contribution in [0, 0.1) is 12.8 Å². The van der Waals surface area contributed by atoms with Gasteiger partial charge in [-0.2, -0.15) is 0 Å². The molecule has 3 atom stereocenters. The fraction of sp³-hybridized carbons (Fsp3) is 0.625. The number of aryl methyl sites for hydroxylation is 1. The van der Waals surface area contributed by atoms with E-state index in [9.17, 15) is 14.4 Å². The molecule has 1 aromatic carbocycles. The Hall–Kier alpha value is -2.21. The van der Waals surface area contributed by atoms with E-state index in [4.69, 9.17) is 0 Å². The molecule has 2 bridgehead atoms. The van der Waals surface area contributed by atoms with E-state index in [2.05, 4.69) is 0 Å². The summed E-state index contributed by atoms with van der Waals surface area (Å²) in [6.45, 7) is 3.75. The average molecular weight is 412 g/mol. The Kier molecular flexibility index (Phi) is 5.71. The van der Waals surface area contributed by atoms with Crippen molar-refractivity contribution in [2.24, 2.45) is 5.92 Å². The molecule has 162 valence electrons. The topological polar surface area (TPSA) is 60.9 Å². The predicted octanol–water partition coefficient (Wildman–Crippen LogP) is 2.34. The number of imide groups is 1. The second-order valence-corrected chi connectivity index (χ2v) is 9.64. The number of amides is 3. The zero-order chi connectivity index (χ0) is 21.5. The summed E-state index contributed by atoms with van der Waals surface area (Å²) < 4.78 is 0. The second-order valence-electron chi connectivity index (χ2n) is 9.64. The van der Waals surface area contributed by atoms with Crippen LogP contribution in [0.4, 0.5) is 0 Å². The number of likely N-dealkylation sites (tertiary alicyclic amines) is 2. The van der Waals surface area contributed by atoms with Crippen molar-refractivity contribution in [2.45, 2.75) is 56.9 Å². The van der Waals surface area contributed by atoms with Crippen LogP contribution in [0.3, 0.4) is 0 Å². The molecule has 0 unspecified atom stereocenters. The largest absolute Gasteiger partial charge is 0.339 e. The van der Waals surface area contributed by atoms with Gasteiger partial charge in [-0.1, -0.05) is 30.7 Å². The van der Waals surface area contributed by atoms with Crippen molar-refractivity contribution in [2.75, 3.05) is 33.7 Å². The van der Waals surface area contributed by atoms with Crippen LogP contribution in [0.15, 0.2) is 24.3 Å². The van der Waals surface area contributed by atoms with Gasteiger partial charge in [-0.15, -0.1) is 0 Å². The lowest BCUT2D eigenvalue weighted by atomic mass is 9.74. The molecular weight excluding hydrogens is 378 g/mol. The molecule has 2 aliphatic heterocycles. The molecule has 4 rings (SSSR count). The first-order valence-corrected chi connectivity index (χ1v) is 11.2. The van der Waals surface area contributed by atoms with Gasteiger partial charge in [-0.3, -0.25) is 19.3 Å². The number of rotatable bonds is 6. The molecule has 0 radical (unpaired) electrons. The Labute approximate surface area is 179 Å². The number of fused-ring (bicyclic) bond motifs is 2. The number of hydrogen-bond donors (Lipinski definition) is 0. The normalized spacial score (nSPS) is 28.7. The number of benzene rings is 1. The van der Waals surface area contributed by atoms with Gasteiger partial charge in [0.25, 0.3) is 0 Å². The van der Waals surface area contributed by atoms with Crippen molar-refractivity contribution in [1.82, 2.24) is 14.7 Å². The van der Waals surface area contributed by atoms with E-state index >= 15 is 0 Å². The summed E-state index contributed by atoms with van der Waals surface area (Å²) in [5.41, 5.74) is 0.704. The van der Waals surface area contributed by atoms with Gasteiger partial charge in [0.2, 0.25) is 17.7 Å². The molecule has 30 heavy (non-hydrogen) atoms. The summed E-state index contributed by atoms with van der Waals surface area (Å²) in [5, 5.41) is 0. The van der Waals surface area contributed by atoms with Crippen LogP contribution in [0.2, 0.25) is 0 Å². The maximum absolute atomic E-state index is 13.7. The predicted molar refractivity (Wildman–Crippen MR) is 115 cm³/mol. The maximum atomic E-state index is 13.7. The summed E-state index contributed by atoms with van der Waals surface area (Å²) in [6, 6.07) is 8.03. The number of carbonyl (C=O) groups excluding carboxylic acids is 3. The van der Waals surface area contributed by atoms with E-state index in [0.717, 1.165) is 30.5 Å². The molecule has 1 aliphatic carbocycles. The van der Waals surface area contributed by atoms with E-state index in [0.29, 0.717) is 25.0 Å². The fourth-order valence-electron chi connectivity index (χ4n) is 5.68. The molecule has 1 aromatic rings. The highest BCUT2D eigenvalue weighted by molar-refractivity contribution is 6.11. The van der Waals surface area contributed by atoms with Crippen LogP contribution < -0.4 is 0 Å². The van der Waals surface area contributed by atoms with Gasteiger partial charge in [-0.05, 0) is 57.3 Å². The first kappa shape index (κ1) is 21.0. The molecule has 2 saturated heterocycles. The van der Waals surface area contributed by atoms with Crippen molar-refractivity contribution in [3.05, 3.63) is 35.4 Å². The lowest BCUT2D eigenvalue weighted by molar-refractivity contribution is -0.143. The maximum Gasteiger partial charge on any atom is 0.240 e. The van der Waals surface area contributed by atoms with Crippen molar-refractivity contribution in [1.29, 1.82) is 0 Å². The monoisotopic (exact) mass is 411 g/mol. The van der Waals surface area contributed by atoms with Gasteiger partial charge >= 0.3 is 0 Å². The zero-order valence-corrected chi connectivity index (χ0v) is 18.4. The smallest absolute Gasteiger partial charge is 0.240 e. The third kappa shape index (κ3) is 3.66. The van der Waals surface area contributed by atoms with Crippen LogP contribution >= 0.6 is 0 Å². The van der Waals surface area contributed by atoms with Crippen LogP contribution in [0.25, 0.3) is 0 Å². The highest BCUT2D eigenvalue weighted by atomic mass is 16.2. The third-order valence-electron chi connectivity index (χ3n) is 7.26. The van der Waals surface area contributed by atoms with E-state index in [1.54, 1.807) is 0 Å². The number of nitrogens with zero attached hydrogens (tertiary/aromatic N) is 3. The second kappa shape index (κ2) is 8.14. The lowest BCUT2D eigenvalue weighted by Crippen LogP contribution is -2.45. The standard InChI is InChI=1S/C24H33N3O3/c1-17-7-4-5-10-20(17)24(14-21(28)26(23(24)30)12-11-25(2)3)15-22(29)27-16-18-8-6-9-19(27)13-18/h4-5,7,10,18-19H,6,8-9,11-16H2,1-3H3/t18-,19+,24-/m1/s1. The van der Waals surface area contributed by atoms with Gasteiger partial charge in [0.05, 0.1) is 5.41 Å². The Morgan fingerprint density at radius 3 is 2.67 bits per heavy atom. The lowest BCUT2D eigenvalue weighted by Gasteiger charge is -2.32. The number of hydrogen-bond acceptors (Lipinski definition) is 4. The molecular formula is C24H33N3O3. The van der Waals surface area contributed by atoms with E-state index in [-0.39, 0.29) is 30.6 Å². The van der Waals surface area contributed by atoms with Gasteiger partial charge in [-0.25, -0.2) is 0 Å². The molecule has 0 N–H and O–H groups in total. The molecule has 3 amide bonds.